The van der Waals surface area contributed by atoms with Crippen LogP contribution >= 0.6 is 0 Å². The van der Waals surface area contributed by atoms with Crippen LogP contribution in [0.5, 0.6) is 0 Å². The van der Waals surface area contributed by atoms with Gasteiger partial charge in [0, 0.05) is 18.5 Å². The molecule has 4 rings (SSSR count). The minimum Gasteiger partial charge on any atom is -0.245 e. The van der Waals surface area contributed by atoms with E-state index in [1.54, 1.807) is 18.6 Å². The summed E-state index contributed by atoms with van der Waals surface area (Å²) in [5.74, 6) is 0.903. The van der Waals surface area contributed by atoms with Gasteiger partial charge in [0.1, 0.15) is 6.33 Å². The highest BCUT2D eigenvalue weighted by atomic mass is 19.4. The van der Waals surface area contributed by atoms with Gasteiger partial charge >= 0.3 is 6.18 Å². The molecule has 1 aliphatic rings. The van der Waals surface area contributed by atoms with E-state index in [-0.39, 0.29) is 0 Å². The molecule has 150 valence electrons. The minimum absolute atomic E-state index is 0.332. The van der Waals surface area contributed by atoms with Crippen molar-refractivity contribution in [1.29, 1.82) is 0 Å². The Morgan fingerprint density at radius 1 is 0.862 bits per heavy atom. The van der Waals surface area contributed by atoms with Crippen LogP contribution in [0, 0.1) is 0 Å². The van der Waals surface area contributed by atoms with E-state index < -0.39 is 11.7 Å². The summed E-state index contributed by atoms with van der Waals surface area (Å²) in [7, 11) is 0. The van der Waals surface area contributed by atoms with Gasteiger partial charge in [0.2, 0.25) is 0 Å². The Kier molecular flexibility index (Phi) is 5.65. The van der Waals surface area contributed by atoms with E-state index >= 15 is 0 Å². The molecular weight excluding hydrogens is 373 g/mol. The van der Waals surface area contributed by atoms with Crippen LogP contribution in [0.15, 0.2) is 67.1 Å². The lowest BCUT2D eigenvalue weighted by molar-refractivity contribution is -0.137. The maximum Gasteiger partial charge on any atom is 0.416 e. The monoisotopic (exact) mass is 396 g/mol. The zero-order chi connectivity index (χ0) is 20.3. The Hall–Kier alpha value is -2.69. The van der Waals surface area contributed by atoms with Gasteiger partial charge in [-0.25, -0.2) is 9.97 Å². The zero-order valence-corrected chi connectivity index (χ0v) is 16.1. The van der Waals surface area contributed by atoms with Crippen molar-refractivity contribution < 1.29 is 13.2 Å². The Labute approximate surface area is 168 Å². The predicted molar refractivity (Wildman–Crippen MR) is 107 cm³/mol. The summed E-state index contributed by atoms with van der Waals surface area (Å²) in [4.78, 5) is 8.67. The van der Waals surface area contributed by atoms with Crippen LogP contribution in [0.4, 0.5) is 13.2 Å². The van der Waals surface area contributed by atoms with Gasteiger partial charge in [-0.3, -0.25) is 0 Å². The molecule has 2 nitrogen and oxygen atoms in total. The molecule has 1 saturated carbocycles. The summed E-state index contributed by atoms with van der Waals surface area (Å²) < 4.78 is 39.1. The van der Waals surface area contributed by atoms with Crippen molar-refractivity contribution in [1.82, 2.24) is 9.97 Å². The number of aromatic nitrogens is 2. The summed E-state index contributed by atoms with van der Waals surface area (Å²) >= 11 is 0. The van der Waals surface area contributed by atoms with Crippen LogP contribution in [0.1, 0.15) is 65.5 Å². The van der Waals surface area contributed by atoms with Crippen LogP contribution in [-0.2, 0) is 12.6 Å². The van der Waals surface area contributed by atoms with Crippen molar-refractivity contribution >= 4 is 0 Å². The molecule has 0 spiro atoms. The lowest BCUT2D eigenvalue weighted by Gasteiger charge is -2.29. The van der Waals surface area contributed by atoms with E-state index in [9.17, 15) is 13.2 Å². The SMILES string of the molecule is FC(F)(F)c1cccc(Cc2cncnc2C2CCC(c3ccccc3)CC2)c1. The number of benzene rings is 2. The first-order valence-corrected chi connectivity index (χ1v) is 10.0. The molecule has 0 aliphatic heterocycles. The summed E-state index contributed by atoms with van der Waals surface area (Å²) in [6, 6.07) is 16.1. The third kappa shape index (κ3) is 4.66. The summed E-state index contributed by atoms with van der Waals surface area (Å²) in [6.07, 6.45) is 3.66. The fourth-order valence-corrected chi connectivity index (χ4v) is 4.37. The highest BCUT2D eigenvalue weighted by Gasteiger charge is 2.30. The van der Waals surface area contributed by atoms with Gasteiger partial charge in [-0.15, -0.1) is 0 Å². The van der Waals surface area contributed by atoms with Gasteiger partial charge < -0.3 is 0 Å². The largest absolute Gasteiger partial charge is 0.416 e. The predicted octanol–water partition coefficient (Wildman–Crippen LogP) is 6.53. The van der Waals surface area contributed by atoms with Crippen LogP contribution in [0.25, 0.3) is 0 Å². The van der Waals surface area contributed by atoms with E-state index in [1.165, 1.54) is 17.7 Å². The van der Waals surface area contributed by atoms with Crippen molar-refractivity contribution in [2.45, 2.75) is 50.1 Å². The van der Waals surface area contributed by atoms with Gasteiger partial charge in [0.05, 0.1) is 11.3 Å². The number of halogens is 3. The van der Waals surface area contributed by atoms with Crippen molar-refractivity contribution in [2.75, 3.05) is 0 Å². The Morgan fingerprint density at radius 2 is 1.59 bits per heavy atom. The fourth-order valence-electron chi connectivity index (χ4n) is 4.37. The Morgan fingerprint density at radius 3 is 2.31 bits per heavy atom. The molecule has 3 aromatic rings. The highest BCUT2D eigenvalue weighted by molar-refractivity contribution is 5.33. The zero-order valence-electron chi connectivity index (χ0n) is 16.1. The van der Waals surface area contributed by atoms with Gasteiger partial charge in [-0.05, 0) is 54.4 Å². The molecule has 0 atom stereocenters. The van der Waals surface area contributed by atoms with E-state index in [2.05, 4.69) is 34.2 Å². The lowest BCUT2D eigenvalue weighted by Crippen LogP contribution is -2.15. The number of alkyl halides is 3. The van der Waals surface area contributed by atoms with E-state index in [1.807, 2.05) is 6.07 Å². The topological polar surface area (TPSA) is 25.8 Å². The maximum atomic E-state index is 13.0. The molecule has 0 bridgehead atoms. The molecule has 0 radical (unpaired) electrons. The van der Waals surface area contributed by atoms with E-state index in [4.69, 9.17) is 0 Å². The molecule has 0 N–H and O–H groups in total. The molecule has 0 unspecified atom stereocenters. The summed E-state index contributed by atoms with van der Waals surface area (Å²) in [5.41, 5.74) is 3.32. The first kappa shape index (κ1) is 19.6. The third-order valence-corrected chi connectivity index (χ3v) is 5.86. The quantitative estimate of drug-likeness (QED) is 0.501. The fraction of sp³-hybridized carbons (Fsp3) is 0.333. The van der Waals surface area contributed by atoms with E-state index in [0.717, 1.165) is 43.0 Å². The molecule has 0 amide bonds. The third-order valence-electron chi connectivity index (χ3n) is 5.86. The van der Waals surface area contributed by atoms with Crippen LogP contribution in [0.3, 0.4) is 0 Å². The normalized spacial score (nSPS) is 19.8. The standard InChI is InChI=1S/C24H23F3N2/c25-24(26,27)22-8-4-5-17(14-22)13-21-15-28-16-29-23(21)20-11-9-19(10-12-20)18-6-2-1-3-7-18/h1-8,14-16,19-20H,9-13H2. The van der Waals surface area contributed by atoms with Crippen LogP contribution < -0.4 is 0 Å². The Balaban J connectivity index is 1.50. The summed E-state index contributed by atoms with van der Waals surface area (Å²) in [5, 5.41) is 0. The van der Waals surface area contributed by atoms with Gasteiger partial charge in [0.25, 0.3) is 0 Å². The second-order valence-electron chi connectivity index (χ2n) is 7.77. The number of hydrogen-bond donors (Lipinski definition) is 0. The van der Waals surface area contributed by atoms with Crippen molar-refractivity contribution in [3.8, 4) is 0 Å². The van der Waals surface area contributed by atoms with Gasteiger partial charge in [-0.2, -0.15) is 13.2 Å². The molecular formula is C24H23F3N2. The van der Waals surface area contributed by atoms with Crippen molar-refractivity contribution in [3.05, 3.63) is 95.1 Å². The number of hydrogen-bond acceptors (Lipinski definition) is 2. The lowest BCUT2D eigenvalue weighted by atomic mass is 9.76. The second kappa shape index (κ2) is 8.36. The molecule has 2 aromatic carbocycles. The maximum absolute atomic E-state index is 13.0. The first-order chi connectivity index (χ1) is 14.0. The molecule has 1 aliphatic carbocycles. The number of rotatable bonds is 4. The molecule has 1 aromatic heterocycles. The van der Waals surface area contributed by atoms with Crippen molar-refractivity contribution in [2.24, 2.45) is 0 Å². The van der Waals surface area contributed by atoms with Crippen LogP contribution in [0.2, 0.25) is 0 Å². The van der Waals surface area contributed by atoms with Gasteiger partial charge in [0.15, 0.2) is 0 Å². The van der Waals surface area contributed by atoms with Gasteiger partial charge in [-0.1, -0.05) is 48.5 Å². The molecule has 5 heteroatoms. The molecule has 1 fully saturated rings. The molecule has 1 heterocycles. The summed E-state index contributed by atoms with van der Waals surface area (Å²) in [6.45, 7) is 0. The first-order valence-electron chi connectivity index (χ1n) is 10.0. The molecule has 0 saturated heterocycles. The average molecular weight is 396 g/mol. The number of nitrogens with zero attached hydrogens (tertiary/aromatic N) is 2. The molecule has 29 heavy (non-hydrogen) atoms. The van der Waals surface area contributed by atoms with Crippen molar-refractivity contribution in [3.63, 3.8) is 0 Å². The van der Waals surface area contributed by atoms with Crippen LogP contribution in [-0.4, -0.2) is 9.97 Å². The van der Waals surface area contributed by atoms with E-state index in [0.29, 0.717) is 23.8 Å². The Bertz CT molecular complexity index is 946. The second-order valence-corrected chi connectivity index (χ2v) is 7.77. The minimum atomic E-state index is -4.33. The highest BCUT2D eigenvalue weighted by Crippen LogP contribution is 2.41. The average Bonchev–Trinajstić information content (AvgIpc) is 2.75. The smallest absolute Gasteiger partial charge is 0.245 e.